The summed E-state index contributed by atoms with van der Waals surface area (Å²) >= 11 is 0. The first-order valence-electron chi connectivity index (χ1n) is 9.21. The number of nitrogens with zero attached hydrogens (tertiary/aromatic N) is 2. The maximum atomic E-state index is 12.9. The van der Waals surface area contributed by atoms with Crippen molar-refractivity contribution in [3.63, 3.8) is 0 Å². The SMILES string of the molecule is CCOc1cccc(C(=O)N2CCCC(c3nc4ccccc4[nH]3)C2)c1. The molecule has 1 unspecified atom stereocenters. The van der Waals surface area contributed by atoms with E-state index < -0.39 is 0 Å². The van der Waals surface area contributed by atoms with E-state index in [-0.39, 0.29) is 11.8 Å². The summed E-state index contributed by atoms with van der Waals surface area (Å²) in [4.78, 5) is 23.0. The molecular formula is C21H23N3O2. The van der Waals surface area contributed by atoms with Crippen LogP contribution >= 0.6 is 0 Å². The van der Waals surface area contributed by atoms with E-state index in [1.807, 2.05) is 60.4 Å². The molecule has 1 aromatic heterocycles. The quantitative estimate of drug-likeness (QED) is 0.775. The molecule has 0 spiro atoms. The molecule has 26 heavy (non-hydrogen) atoms. The molecule has 1 amide bonds. The molecule has 2 heterocycles. The van der Waals surface area contributed by atoms with Crippen LogP contribution in [0.1, 0.15) is 41.9 Å². The maximum absolute atomic E-state index is 12.9. The highest BCUT2D eigenvalue weighted by atomic mass is 16.5. The zero-order chi connectivity index (χ0) is 17.9. The van der Waals surface area contributed by atoms with Crippen molar-refractivity contribution in [1.82, 2.24) is 14.9 Å². The number of ether oxygens (including phenoxy) is 1. The predicted octanol–water partition coefficient (Wildman–Crippen LogP) is 3.98. The van der Waals surface area contributed by atoms with Gasteiger partial charge in [-0.05, 0) is 50.1 Å². The molecule has 1 N–H and O–H groups in total. The summed E-state index contributed by atoms with van der Waals surface area (Å²) in [5.74, 6) is 2.03. The third kappa shape index (κ3) is 3.29. The third-order valence-electron chi connectivity index (χ3n) is 4.89. The number of fused-ring (bicyclic) bond motifs is 1. The van der Waals surface area contributed by atoms with E-state index in [0.717, 1.165) is 42.0 Å². The van der Waals surface area contributed by atoms with Crippen molar-refractivity contribution in [2.75, 3.05) is 19.7 Å². The Balaban J connectivity index is 1.52. The Bertz CT molecular complexity index is 885. The standard InChI is InChI=1S/C21H23N3O2/c1-2-26-17-9-5-7-15(13-17)21(25)24-12-6-8-16(14-24)20-22-18-10-3-4-11-19(18)23-20/h3-5,7,9-11,13,16H,2,6,8,12,14H2,1H3,(H,22,23). The van der Waals surface area contributed by atoms with E-state index in [4.69, 9.17) is 9.72 Å². The number of amides is 1. The van der Waals surface area contributed by atoms with Crippen molar-refractivity contribution in [2.24, 2.45) is 0 Å². The molecule has 3 aromatic rings. The zero-order valence-electron chi connectivity index (χ0n) is 14.9. The number of aromatic nitrogens is 2. The number of nitrogens with one attached hydrogen (secondary N) is 1. The lowest BCUT2D eigenvalue weighted by molar-refractivity contribution is 0.0704. The fourth-order valence-corrected chi connectivity index (χ4v) is 3.62. The van der Waals surface area contributed by atoms with Gasteiger partial charge in [0.05, 0.1) is 17.6 Å². The molecule has 4 rings (SSSR count). The van der Waals surface area contributed by atoms with Gasteiger partial charge in [0, 0.05) is 24.6 Å². The largest absolute Gasteiger partial charge is 0.494 e. The van der Waals surface area contributed by atoms with Gasteiger partial charge in [0.2, 0.25) is 0 Å². The average molecular weight is 349 g/mol. The van der Waals surface area contributed by atoms with Crippen molar-refractivity contribution in [3.8, 4) is 5.75 Å². The number of benzene rings is 2. The van der Waals surface area contributed by atoms with Crippen molar-refractivity contribution in [3.05, 3.63) is 59.9 Å². The van der Waals surface area contributed by atoms with Crippen LogP contribution < -0.4 is 4.74 Å². The second-order valence-corrected chi connectivity index (χ2v) is 6.69. The fraction of sp³-hybridized carbons (Fsp3) is 0.333. The Morgan fingerprint density at radius 2 is 2.15 bits per heavy atom. The number of H-pyrrole nitrogens is 1. The second kappa shape index (κ2) is 7.20. The Morgan fingerprint density at radius 3 is 3.00 bits per heavy atom. The summed E-state index contributed by atoms with van der Waals surface area (Å²) in [6.07, 6.45) is 2.03. The first-order chi connectivity index (χ1) is 12.7. The number of hydrogen-bond acceptors (Lipinski definition) is 3. The number of carbonyl (C=O) groups excluding carboxylic acids is 1. The smallest absolute Gasteiger partial charge is 0.254 e. The van der Waals surface area contributed by atoms with E-state index in [2.05, 4.69) is 4.98 Å². The molecule has 0 radical (unpaired) electrons. The average Bonchev–Trinajstić information content (AvgIpc) is 3.12. The summed E-state index contributed by atoms with van der Waals surface area (Å²) in [6.45, 7) is 4.01. The number of carbonyl (C=O) groups is 1. The number of aromatic amines is 1. The van der Waals surface area contributed by atoms with Gasteiger partial charge in [-0.25, -0.2) is 4.98 Å². The normalized spacial score (nSPS) is 17.4. The summed E-state index contributed by atoms with van der Waals surface area (Å²) in [5.41, 5.74) is 2.71. The Hall–Kier alpha value is -2.82. The van der Waals surface area contributed by atoms with Crippen LogP contribution in [0.15, 0.2) is 48.5 Å². The van der Waals surface area contributed by atoms with E-state index in [9.17, 15) is 4.79 Å². The summed E-state index contributed by atoms with van der Waals surface area (Å²) in [7, 11) is 0. The molecular weight excluding hydrogens is 326 g/mol. The first-order valence-corrected chi connectivity index (χ1v) is 9.21. The van der Waals surface area contributed by atoms with Crippen molar-refractivity contribution in [2.45, 2.75) is 25.7 Å². The number of para-hydroxylation sites is 2. The zero-order valence-corrected chi connectivity index (χ0v) is 14.9. The number of imidazole rings is 1. The molecule has 1 aliphatic rings. The van der Waals surface area contributed by atoms with Crippen LogP contribution in [-0.4, -0.2) is 40.5 Å². The highest BCUT2D eigenvalue weighted by molar-refractivity contribution is 5.94. The van der Waals surface area contributed by atoms with E-state index in [0.29, 0.717) is 18.7 Å². The van der Waals surface area contributed by atoms with E-state index in [1.54, 1.807) is 0 Å². The van der Waals surface area contributed by atoms with Gasteiger partial charge < -0.3 is 14.6 Å². The minimum absolute atomic E-state index is 0.0624. The van der Waals surface area contributed by atoms with E-state index >= 15 is 0 Å². The van der Waals surface area contributed by atoms with Gasteiger partial charge in [-0.15, -0.1) is 0 Å². The Labute approximate surface area is 153 Å². The first kappa shape index (κ1) is 16.6. The van der Waals surface area contributed by atoms with Gasteiger partial charge in [0.15, 0.2) is 0 Å². The topological polar surface area (TPSA) is 58.2 Å². The molecule has 134 valence electrons. The van der Waals surface area contributed by atoms with Crippen LogP contribution in [0, 0.1) is 0 Å². The molecule has 5 nitrogen and oxygen atoms in total. The molecule has 0 aliphatic carbocycles. The summed E-state index contributed by atoms with van der Waals surface area (Å²) < 4.78 is 5.52. The lowest BCUT2D eigenvalue weighted by Gasteiger charge is -2.32. The Kier molecular flexibility index (Phi) is 4.61. The predicted molar refractivity (Wildman–Crippen MR) is 102 cm³/mol. The van der Waals surface area contributed by atoms with Crippen LogP contribution in [0.25, 0.3) is 11.0 Å². The van der Waals surface area contributed by atoms with Gasteiger partial charge in [0.1, 0.15) is 11.6 Å². The molecule has 1 atom stereocenters. The maximum Gasteiger partial charge on any atom is 0.254 e. The van der Waals surface area contributed by atoms with Crippen LogP contribution in [0.4, 0.5) is 0 Å². The van der Waals surface area contributed by atoms with E-state index in [1.165, 1.54) is 0 Å². The highest BCUT2D eigenvalue weighted by Crippen LogP contribution is 2.28. The lowest BCUT2D eigenvalue weighted by atomic mass is 9.96. The monoisotopic (exact) mass is 349 g/mol. The molecule has 0 bridgehead atoms. The lowest BCUT2D eigenvalue weighted by Crippen LogP contribution is -2.39. The van der Waals surface area contributed by atoms with Crippen LogP contribution in [0.3, 0.4) is 0 Å². The number of rotatable bonds is 4. The highest BCUT2D eigenvalue weighted by Gasteiger charge is 2.27. The molecule has 1 fully saturated rings. The van der Waals surface area contributed by atoms with Gasteiger partial charge in [-0.2, -0.15) is 0 Å². The van der Waals surface area contributed by atoms with Crippen molar-refractivity contribution >= 4 is 16.9 Å². The van der Waals surface area contributed by atoms with Crippen LogP contribution in [0.2, 0.25) is 0 Å². The molecule has 0 saturated carbocycles. The van der Waals surface area contributed by atoms with Gasteiger partial charge in [-0.3, -0.25) is 4.79 Å². The molecule has 2 aromatic carbocycles. The second-order valence-electron chi connectivity index (χ2n) is 6.69. The minimum atomic E-state index is 0.0624. The minimum Gasteiger partial charge on any atom is -0.494 e. The van der Waals surface area contributed by atoms with Crippen molar-refractivity contribution in [1.29, 1.82) is 0 Å². The van der Waals surface area contributed by atoms with Gasteiger partial charge >= 0.3 is 0 Å². The number of piperidine rings is 1. The summed E-state index contributed by atoms with van der Waals surface area (Å²) in [5, 5.41) is 0. The number of likely N-dealkylation sites (tertiary alicyclic amines) is 1. The molecule has 1 saturated heterocycles. The molecule has 5 heteroatoms. The Morgan fingerprint density at radius 1 is 1.27 bits per heavy atom. The van der Waals surface area contributed by atoms with Crippen LogP contribution in [0.5, 0.6) is 5.75 Å². The fourth-order valence-electron chi connectivity index (χ4n) is 3.62. The molecule has 1 aliphatic heterocycles. The third-order valence-corrected chi connectivity index (χ3v) is 4.89. The van der Waals surface area contributed by atoms with Gasteiger partial charge in [-0.1, -0.05) is 18.2 Å². The van der Waals surface area contributed by atoms with Crippen molar-refractivity contribution < 1.29 is 9.53 Å². The summed E-state index contributed by atoms with van der Waals surface area (Å²) in [6, 6.07) is 15.5. The van der Waals surface area contributed by atoms with Crippen LogP contribution in [-0.2, 0) is 0 Å². The number of hydrogen-bond donors (Lipinski definition) is 1. The van der Waals surface area contributed by atoms with Gasteiger partial charge in [0.25, 0.3) is 5.91 Å².